The van der Waals surface area contributed by atoms with Crippen LogP contribution >= 0.6 is 11.8 Å². The van der Waals surface area contributed by atoms with Gasteiger partial charge in [-0.2, -0.15) is 0 Å². The molecule has 0 saturated heterocycles. The molecule has 34 heavy (non-hydrogen) atoms. The van der Waals surface area contributed by atoms with Crippen molar-refractivity contribution in [3.8, 4) is 11.5 Å². The third-order valence-corrected chi connectivity index (χ3v) is 7.46. The molecule has 6 nitrogen and oxygen atoms in total. The van der Waals surface area contributed by atoms with Crippen LogP contribution in [0, 0.1) is 0 Å². The molecule has 3 aromatic rings. The lowest BCUT2D eigenvalue weighted by molar-refractivity contribution is 0.0972. The highest BCUT2D eigenvalue weighted by Crippen LogP contribution is 2.45. The van der Waals surface area contributed by atoms with Crippen molar-refractivity contribution in [2.45, 2.75) is 41.5 Å². The van der Waals surface area contributed by atoms with E-state index in [9.17, 15) is 9.59 Å². The summed E-state index contributed by atoms with van der Waals surface area (Å²) in [5.74, 6) is 0.877. The summed E-state index contributed by atoms with van der Waals surface area (Å²) in [5, 5.41) is 2.98. The predicted molar refractivity (Wildman–Crippen MR) is 134 cm³/mol. The summed E-state index contributed by atoms with van der Waals surface area (Å²) in [5.41, 5.74) is 2.73. The quantitative estimate of drug-likeness (QED) is 0.490. The van der Waals surface area contributed by atoms with E-state index in [1.54, 1.807) is 44.2 Å². The van der Waals surface area contributed by atoms with Gasteiger partial charge in [0.15, 0.2) is 0 Å². The topological polar surface area (TPSA) is 67.9 Å². The van der Waals surface area contributed by atoms with Crippen LogP contribution in [0.5, 0.6) is 11.5 Å². The Morgan fingerprint density at radius 1 is 0.941 bits per heavy atom. The van der Waals surface area contributed by atoms with Gasteiger partial charge in [0.25, 0.3) is 11.8 Å². The van der Waals surface area contributed by atoms with Crippen LogP contribution in [0.15, 0.2) is 70.5 Å². The smallest absolute Gasteiger partial charge is 0.259 e. The minimum atomic E-state index is -0.264. The first-order valence-corrected chi connectivity index (χ1v) is 12.2. The Morgan fingerprint density at radius 2 is 1.65 bits per heavy atom. The van der Waals surface area contributed by atoms with E-state index in [0.717, 1.165) is 46.7 Å². The number of carbonyl (C=O) groups excluding carboxylic acids is 2. The number of fused-ring (bicyclic) bond motifs is 2. The normalized spacial score (nSPS) is 15.4. The lowest BCUT2D eigenvalue weighted by Gasteiger charge is -2.29. The lowest BCUT2D eigenvalue weighted by Crippen LogP contribution is -2.39. The summed E-state index contributed by atoms with van der Waals surface area (Å²) in [6.45, 7) is 0. The van der Waals surface area contributed by atoms with Crippen molar-refractivity contribution in [3.63, 3.8) is 0 Å². The van der Waals surface area contributed by atoms with Gasteiger partial charge in [0.1, 0.15) is 11.5 Å². The summed E-state index contributed by atoms with van der Waals surface area (Å²) in [7, 11) is 3.10. The van der Waals surface area contributed by atoms with Gasteiger partial charge in [0, 0.05) is 33.2 Å². The number of nitrogens with zero attached hydrogens (tertiary/aromatic N) is 1. The Bertz CT molecular complexity index is 1230. The van der Waals surface area contributed by atoms with E-state index < -0.39 is 0 Å². The fraction of sp³-hybridized carbons (Fsp3) is 0.259. The number of rotatable bonds is 5. The molecule has 1 saturated carbocycles. The summed E-state index contributed by atoms with van der Waals surface area (Å²) >= 11 is 1.57. The van der Waals surface area contributed by atoms with Crippen LogP contribution in [0.1, 0.15) is 46.4 Å². The highest BCUT2D eigenvalue weighted by molar-refractivity contribution is 7.99. The van der Waals surface area contributed by atoms with Crippen LogP contribution in [0.25, 0.3) is 0 Å². The summed E-state index contributed by atoms with van der Waals surface area (Å²) in [6, 6.07) is 18.8. The van der Waals surface area contributed by atoms with E-state index in [-0.39, 0.29) is 17.9 Å². The van der Waals surface area contributed by atoms with Crippen LogP contribution in [0.2, 0.25) is 0 Å². The molecule has 0 aromatic heterocycles. The molecule has 1 aliphatic carbocycles. The zero-order valence-corrected chi connectivity index (χ0v) is 20.0. The van der Waals surface area contributed by atoms with Crippen molar-refractivity contribution in [2.75, 3.05) is 24.4 Å². The van der Waals surface area contributed by atoms with Crippen molar-refractivity contribution < 1.29 is 19.1 Å². The minimum Gasteiger partial charge on any atom is -0.497 e. The number of anilines is 2. The second-order valence-electron chi connectivity index (χ2n) is 8.45. The number of ether oxygens (including phenoxy) is 2. The molecule has 0 radical (unpaired) electrons. The molecule has 0 unspecified atom stereocenters. The van der Waals surface area contributed by atoms with Gasteiger partial charge >= 0.3 is 0 Å². The van der Waals surface area contributed by atoms with Crippen LogP contribution in [-0.4, -0.2) is 32.1 Å². The average molecular weight is 475 g/mol. The number of carbonyl (C=O) groups is 2. The Kier molecular flexibility index (Phi) is 6.20. The van der Waals surface area contributed by atoms with E-state index in [1.807, 2.05) is 47.4 Å². The molecular weight excluding hydrogens is 448 g/mol. The molecule has 1 N–H and O–H groups in total. The third-order valence-electron chi connectivity index (χ3n) is 6.34. The average Bonchev–Trinajstić information content (AvgIpc) is 3.36. The molecule has 1 heterocycles. The predicted octanol–water partition coefficient (Wildman–Crippen LogP) is 6.01. The number of nitrogens with one attached hydrogen (secondary N) is 1. The summed E-state index contributed by atoms with van der Waals surface area (Å²) in [6.07, 6.45) is 4.29. The molecule has 2 aliphatic rings. The molecule has 7 heteroatoms. The summed E-state index contributed by atoms with van der Waals surface area (Å²) < 4.78 is 10.6. The molecule has 1 fully saturated rings. The maximum Gasteiger partial charge on any atom is 0.259 e. The Labute approximate surface area is 203 Å². The number of hydrogen-bond donors (Lipinski definition) is 1. The molecule has 5 rings (SSSR count). The van der Waals surface area contributed by atoms with Gasteiger partial charge in [-0.25, -0.2) is 0 Å². The van der Waals surface area contributed by atoms with Crippen molar-refractivity contribution in [1.82, 2.24) is 0 Å². The largest absolute Gasteiger partial charge is 0.497 e. The van der Waals surface area contributed by atoms with Crippen LogP contribution < -0.4 is 19.7 Å². The fourth-order valence-corrected chi connectivity index (χ4v) is 5.74. The first-order chi connectivity index (χ1) is 16.6. The van der Waals surface area contributed by atoms with Gasteiger partial charge in [-0.3, -0.25) is 9.59 Å². The van der Waals surface area contributed by atoms with E-state index in [1.165, 1.54) is 0 Å². The fourth-order valence-electron chi connectivity index (χ4n) is 4.63. The maximum atomic E-state index is 13.6. The Hall–Kier alpha value is -3.45. The van der Waals surface area contributed by atoms with Crippen molar-refractivity contribution >= 4 is 35.0 Å². The molecule has 174 valence electrons. The molecule has 0 spiro atoms. The maximum absolute atomic E-state index is 13.6. The van der Waals surface area contributed by atoms with Gasteiger partial charge in [0.2, 0.25) is 0 Å². The van der Waals surface area contributed by atoms with Crippen LogP contribution in [0.4, 0.5) is 11.4 Å². The zero-order valence-electron chi connectivity index (χ0n) is 19.2. The van der Waals surface area contributed by atoms with Gasteiger partial charge in [0.05, 0.1) is 25.5 Å². The Morgan fingerprint density at radius 3 is 2.35 bits per heavy atom. The van der Waals surface area contributed by atoms with Gasteiger partial charge < -0.3 is 19.7 Å². The van der Waals surface area contributed by atoms with E-state index in [4.69, 9.17) is 9.47 Å². The van der Waals surface area contributed by atoms with Gasteiger partial charge in [-0.15, -0.1) is 0 Å². The zero-order chi connectivity index (χ0) is 23.7. The number of hydrogen-bond acceptors (Lipinski definition) is 5. The van der Waals surface area contributed by atoms with E-state index in [0.29, 0.717) is 22.7 Å². The molecular formula is C27H26N2O4S. The second kappa shape index (κ2) is 9.43. The second-order valence-corrected chi connectivity index (χ2v) is 9.53. The van der Waals surface area contributed by atoms with Crippen molar-refractivity contribution in [3.05, 3.63) is 71.8 Å². The standard InChI is InChI=1S/C27H26N2O4S/c1-32-20-13-17(14-21(16-20)33-2)26(30)28-18-11-12-23-25(15-18)34-24-10-6-5-9-22(24)27(31)29(23)19-7-3-4-8-19/h5-6,9-16,19H,3-4,7-8H2,1-2H3,(H,28,30). The van der Waals surface area contributed by atoms with Crippen molar-refractivity contribution in [1.29, 1.82) is 0 Å². The summed E-state index contributed by atoms with van der Waals surface area (Å²) in [4.78, 5) is 30.4. The highest BCUT2D eigenvalue weighted by atomic mass is 32.2. The third kappa shape index (κ3) is 4.23. The number of methoxy groups -OCH3 is 2. The monoisotopic (exact) mass is 474 g/mol. The van der Waals surface area contributed by atoms with Gasteiger partial charge in [-0.05, 0) is 55.3 Å². The van der Waals surface area contributed by atoms with Crippen molar-refractivity contribution in [2.24, 2.45) is 0 Å². The lowest BCUT2D eigenvalue weighted by atomic mass is 10.1. The molecule has 0 atom stereocenters. The molecule has 1 aliphatic heterocycles. The minimum absolute atomic E-state index is 0.0500. The SMILES string of the molecule is COc1cc(OC)cc(C(=O)Nc2ccc3c(c2)Sc2ccccc2C(=O)N3C2CCCC2)c1. The first-order valence-electron chi connectivity index (χ1n) is 11.4. The molecule has 3 aromatic carbocycles. The van der Waals surface area contributed by atoms with Crippen LogP contribution in [-0.2, 0) is 0 Å². The molecule has 0 bridgehead atoms. The number of benzene rings is 3. The highest BCUT2D eigenvalue weighted by Gasteiger charge is 2.34. The van der Waals surface area contributed by atoms with Gasteiger partial charge in [-0.1, -0.05) is 36.7 Å². The first kappa shape index (κ1) is 22.3. The van der Waals surface area contributed by atoms with Crippen LogP contribution in [0.3, 0.4) is 0 Å². The Balaban J connectivity index is 1.50. The number of amides is 2. The van der Waals surface area contributed by atoms with E-state index in [2.05, 4.69) is 5.32 Å². The molecule has 2 amide bonds. The van der Waals surface area contributed by atoms with E-state index >= 15 is 0 Å².